The normalized spacial score (nSPS) is 19.1. The second-order valence-electron chi connectivity index (χ2n) is 5.77. The molecule has 1 aliphatic heterocycles. The molecular formula is C16H23F3N2O. The zero-order valence-corrected chi connectivity index (χ0v) is 12.8. The summed E-state index contributed by atoms with van der Waals surface area (Å²) in [6.45, 7) is 5.48. The Labute approximate surface area is 129 Å². The Morgan fingerprint density at radius 1 is 1.32 bits per heavy atom. The van der Waals surface area contributed by atoms with Crippen molar-refractivity contribution >= 4 is 0 Å². The van der Waals surface area contributed by atoms with E-state index in [1.807, 2.05) is 0 Å². The molecule has 0 aromatic heterocycles. The first kappa shape index (κ1) is 17.1. The lowest BCUT2D eigenvalue weighted by molar-refractivity contribution is -0.137. The molecule has 1 aromatic rings. The third kappa shape index (κ3) is 4.61. The molecule has 0 saturated carbocycles. The van der Waals surface area contributed by atoms with E-state index < -0.39 is 11.7 Å². The molecule has 0 radical (unpaired) electrons. The molecule has 1 heterocycles. The Morgan fingerprint density at radius 2 is 2.00 bits per heavy atom. The zero-order valence-electron chi connectivity index (χ0n) is 12.8. The second kappa shape index (κ2) is 7.33. The third-order valence-corrected chi connectivity index (χ3v) is 4.29. The number of rotatable bonds is 5. The minimum atomic E-state index is -4.35. The summed E-state index contributed by atoms with van der Waals surface area (Å²) in [6, 6.07) is 4.79. The Morgan fingerprint density at radius 3 is 2.59 bits per heavy atom. The van der Waals surface area contributed by atoms with Crippen LogP contribution < -0.4 is 10.5 Å². The molecule has 1 fully saturated rings. The van der Waals surface area contributed by atoms with Crippen molar-refractivity contribution < 1.29 is 17.9 Å². The highest BCUT2D eigenvalue weighted by Gasteiger charge is 2.30. The molecule has 1 aromatic carbocycles. The molecule has 124 valence electrons. The summed E-state index contributed by atoms with van der Waals surface area (Å²) >= 11 is 0. The Bertz CT molecular complexity index is 471. The van der Waals surface area contributed by atoms with E-state index in [0.29, 0.717) is 5.92 Å². The first-order chi connectivity index (χ1) is 10.4. The molecule has 22 heavy (non-hydrogen) atoms. The second-order valence-corrected chi connectivity index (χ2v) is 5.77. The van der Waals surface area contributed by atoms with Gasteiger partial charge in [0.25, 0.3) is 0 Å². The van der Waals surface area contributed by atoms with E-state index in [2.05, 4.69) is 11.8 Å². The van der Waals surface area contributed by atoms with Crippen LogP contribution in [-0.2, 0) is 6.18 Å². The van der Waals surface area contributed by atoms with Crippen LogP contribution in [0.4, 0.5) is 13.2 Å². The molecule has 3 nitrogen and oxygen atoms in total. The van der Waals surface area contributed by atoms with Crippen molar-refractivity contribution in [2.45, 2.75) is 32.0 Å². The van der Waals surface area contributed by atoms with E-state index in [1.54, 1.807) is 0 Å². The number of halogens is 3. The smallest absolute Gasteiger partial charge is 0.416 e. The van der Waals surface area contributed by atoms with Crippen LogP contribution in [0.1, 0.15) is 25.3 Å². The summed E-state index contributed by atoms with van der Waals surface area (Å²) in [5.74, 6) is 0.588. The van der Waals surface area contributed by atoms with Crippen LogP contribution in [0.5, 0.6) is 5.75 Å². The van der Waals surface area contributed by atoms with Crippen molar-refractivity contribution in [1.82, 2.24) is 4.90 Å². The number of nitrogens with zero attached hydrogens (tertiary/aromatic N) is 1. The molecule has 2 N–H and O–H groups in total. The van der Waals surface area contributed by atoms with Crippen molar-refractivity contribution in [3.8, 4) is 5.75 Å². The molecule has 1 unspecified atom stereocenters. The van der Waals surface area contributed by atoms with Crippen LogP contribution in [0, 0.1) is 5.92 Å². The maximum absolute atomic E-state index is 12.6. The first-order valence-electron chi connectivity index (χ1n) is 7.68. The average Bonchev–Trinajstić information content (AvgIpc) is 2.52. The van der Waals surface area contributed by atoms with Crippen LogP contribution in [0.25, 0.3) is 0 Å². The van der Waals surface area contributed by atoms with Crippen LogP contribution in [-0.4, -0.2) is 37.2 Å². The largest absolute Gasteiger partial charge is 0.492 e. The average molecular weight is 316 g/mol. The highest BCUT2D eigenvalue weighted by atomic mass is 19.4. The number of ether oxygens (including phenoxy) is 1. The Hall–Kier alpha value is -1.27. The topological polar surface area (TPSA) is 38.5 Å². The van der Waals surface area contributed by atoms with Gasteiger partial charge in [-0.15, -0.1) is 0 Å². The highest BCUT2D eigenvalue weighted by molar-refractivity contribution is 5.30. The van der Waals surface area contributed by atoms with Crippen LogP contribution in [0.15, 0.2) is 24.3 Å². The lowest BCUT2D eigenvalue weighted by Crippen LogP contribution is -2.43. The molecule has 0 spiro atoms. The summed E-state index contributed by atoms with van der Waals surface area (Å²) in [6.07, 6.45) is -2.32. The number of hydrogen-bond donors (Lipinski definition) is 1. The minimum absolute atomic E-state index is 0.145. The van der Waals surface area contributed by atoms with E-state index in [-0.39, 0.29) is 18.4 Å². The number of alkyl halides is 3. The molecule has 6 heteroatoms. The molecule has 1 aliphatic rings. The van der Waals surface area contributed by atoms with E-state index in [0.717, 1.165) is 44.6 Å². The quantitative estimate of drug-likeness (QED) is 0.907. The van der Waals surface area contributed by atoms with Gasteiger partial charge in [-0.2, -0.15) is 13.2 Å². The number of benzene rings is 1. The van der Waals surface area contributed by atoms with Gasteiger partial charge in [0.2, 0.25) is 0 Å². The molecule has 1 saturated heterocycles. The highest BCUT2D eigenvalue weighted by Crippen LogP contribution is 2.31. The number of piperidine rings is 1. The zero-order chi connectivity index (χ0) is 16.2. The SMILES string of the molecule is CCN1CCC(C(N)COc2cccc(C(F)(F)F)c2)CC1. The van der Waals surface area contributed by atoms with Gasteiger partial charge in [-0.1, -0.05) is 13.0 Å². The van der Waals surface area contributed by atoms with E-state index >= 15 is 0 Å². The van der Waals surface area contributed by atoms with Crippen molar-refractivity contribution in [3.63, 3.8) is 0 Å². The fourth-order valence-electron chi connectivity index (χ4n) is 2.79. The van der Waals surface area contributed by atoms with Crippen LogP contribution in [0.2, 0.25) is 0 Å². The van der Waals surface area contributed by atoms with Gasteiger partial charge in [-0.25, -0.2) is 0 Å². The fraction of sp³-hybridized carbons (Fsp3) is 0.625. The number of nitrogens with two attached hydrogens (primary N) is 1. The van der Waals surface area contributed by atoms with Gasteiger partial charge in [0.15, 0.2) is 0 Å². The van der Waals surface area contributed by atoms with Gasteiger partial charge >= 0.3 is 6.18 Å². The van der Waals surface area contributed by atoms with Gasteiger partial charge in [0, 0.05) is 6.04 Å². The van der Waals surface area contributed by atoms with Crippen molar-refractivity contribution in [3.05, 3.63) is 29.8 Å². The van der Waals surface area contributed by atoms with Crippen molar-refractivity contribution in [1.29, 1.82) is 0 Å². The summed E-state index contributed by atoms with van der Waals surface area (Å²) in [5, 5.41) is 0. The van der Waals surface area contributed by atoms with Gasteiger partial charge in [0.1, 0.15) is 12.4 Å². The summed E-state index contributed by atoms with van der Waals surface area (Å²) in [7, 11) is 0. The lowest BCUT2D eigenvalue weighted by atomic mass is 9.90. The van der Waals surface area contributed by atoms with Gasteiger partial charge < -0.3 is 15.4 Å². The van der Waals surface area contributed by atoms with E-state index in [1.165, 1.54) is 12.1 Å². The van der Waals surface area contributed by atoms with E-state index in [9.17, 15) is 13.2 Å². The first-order valence-corrected chi connectivity index (χ1v) is 7.68. The Balaban J connectivity index is 1.85. The standard InChI is InChI=1S/C16H23F3N2O/c1-2-21-8-6-12(7-9-21)15(20)11-22-14-5-3-4-13(10-14)16(17,18)19/h3-5,10,12,15H,2,6-9,11,20H2,1H3. The number of hydrogen-bond acceptors (Lipinski definition) is 3. The molecule has 0 amide bonds. The monoisotopic (exact) mass is 316 g/mol. The summed E-state index contributed by atoms with van der Waals surface area (Å²) in [5.41, 5.74) is 5.44. The molecule has 0 aliphatic carbocycles. The summed E-state index contributed by atoms with van der Waals surface area (Å²) in [4.78, 5) is 2.37. The summed E-state index contributed by atoms with van der Waals surface area (Å²) < 4.78 is 43.4. The van der Waals surface area contributed by atoms with Crippen molar-refractivity contribution in [2.75, 3.05) is 26.2 Å². The van der Waals surface area contributed by atoms with Gasteiger partial charge in [-0.3, -0.25) is 0 Å². The van der Waals surface area contributed by atoms with Gasteiger partial charge in [-0.05, 0) is 56.6 Å². The molecule has 2 rings (SSSR count). The molecular weight excluding hydrogens is 293 g/mol. The van der Waals surface area contributed by atoms with Crippen LogP contribution >= 0.6 is 0 Å². The van der Waals surface area contributed by atoms with Crippen LogP contribution in [0.3, 0.4) is 0 Å². The predicted molar refractivity (Wildman–Crippen MR) is 79.8 cm³/mol. The van der Waals surface area contributed by atoms with Crippen molar-refractivity contribution in [2.24, 2.45) is 11.7 Å². The number of likely N-dealkylation sites (tertiary alicyclic amines) is 1. The minimum Gasteiger partial charge on any atom is -0.492 e. The maximum atomic E-state index is 12.6. The lowest BCUT2D eigenvalue weighted by Gasteiger charge is -2.34. The molecule has 1 atom stereocenters. The Kier molecular flexibility index (Phi) is 5.69. The fourth-order valence-corrected chi connectivity index (χ4v) is 2.79. The maximum Gasteiger partial charge on any atom is 0.416 e. The third-order valence-electron chi connectivity index (χ3n) is 4.29. The predicted octanol–water partition coefficient (Wildman–Crippen LogP) is 3.14. The molecule has 0 bridgehead atoms. The van der Waals surface area contributed by atoms with E-state index in [4.69, 9.17) is 10.5 Å². The van der Waals surface area contributed by atoms with Gasteiger partial charge in [0.05, 0.1) is 5.56 Å².